The van der Waals surface area contributed by atoms with Crippen LogP contribution in [-0.2, 0) is 31.4 Å². The largest absolute Gasteiger partial charge is 0.331 e. The zero-order valence-corrected chi connectivity index (χ0v) is 30.0. The lowest BCUT2D eigenvalue weighted by Gasteiger charge is -2.44. The highest BCUT2D eigenvalue weighted by Crippen LogP contribution is 2.37. The van der Waals surface area contributed by atoms with Crippen LogP contribution in [0.15, 0.2) is 54.6 Å². The van der Waals surface area contributed by atoms with Gasteiger partial charge in [-0.3, -0.25) is 9.00 Å². The van der Waals surface area contributed by atoms with Crippen LogP contribution >= 0.6 is 23.2 Å². The number of nitrogens with zero attached hydrogens (tertiary/aromatic N) is 3. The molecule has 2 aromatic rings. The molecule has 0 bridgehead atoms. The molecule has 3 fully saturated rings. The average molecular weight is 702 g/mol. The van der Waals surface area contributed by atoms with Gasteiger partial charge in [0.15, 0.2) is 0 Å². The SMILES string of the molecule is C=O.CCN1CCS(=O)CC1.CC[C@@H](CN(C)S(=O)C1CC1)N1C(=O)[C@@H](CN)CCC1c1ccc(Cl)cc1.Clc1ccccc1. The third kappa shape index (κ3) is 13.2. The number of amides is 1. The molecule has 1 saturated carbocycles. The summed E-state index contributed by atoms with van der Waals surface area (Å²) >= 11 is 11.6. The minimum atomic E-state index is -0.959. The molecule has 2 aromatic carbocycles. The van der Waals surface area contributed by atoms with Crippen LogP contribution in [0, 0.1) is 5.92 Å². The van der Waals surface area contributed by atoms with E-state index in [0.717, 1.165) is 73.8 Å². The van der Waals surface area contributed by atoms with Crippen molar-refractivity contribution < 1.29 is 18.0 Å². The Labute approximate surface area is 285 Å². The zero-order valence-electron chi connectivity index (χ0n) is 26.8. The number of carbonyl (C=O) groups excluding carboxylic acids is 2. The molecular weight excluding hydrogens is 651 g/mol. The van der Waals surface area contributed by atoms with Crippen molar-refractivity contribution in [2.45, 2.75) is 63.3 Å². The van der Waals surface area contributed by atoms with Crippen molar-refractivity contribution in [2.24, 2.45) is 11.7 Å². The summed E-state index contributed by atoms with van der Waals surface area (Å²) in [4.78, 5) is 25.6. The summed E-state index contributed by atoms with van der Waals surface area (Å²) in [6.07, 6.45) is 4.60. The molecule has 0 aromatic heterocycles. The molecule has 2 heterocycles. The van der Waals surface area contributed by atoms with Crippen LogP contribution in [0.4, 0.5) is 0 Å². The molecule has 8 nitrogen and oxygen atoms in total. The van der Waals surface area contributed by atoms with Gasteiger partial charge >= 0.3 is 0 Å². The summed E-state index contributed by atoms with van der Waals surface area (Å²) in [6.45, 7) is 10.4. The summed E-state index contributed by atoms with van der Waals surface area (Å²) in [5, 5.41) is 1.79. The number of hydrogen-bond acceptors (Lipinski definition) is 6. The Kier molecular flexibility index (Phi) is 18.7. The van der Waals surface area contributed by atoms with Gasteiger partial charge in [-0.25, -0.2) is 8.51 Å². The number of benzene rings is 2. The van der Waals surface area contributed by atoms with Gasteiger partial charge in [-0.2, -0.15) is 0 Å². The first-order valence-electron chi connectivity index (χ1n) is 15.6. The van der Waals surface area contributed by atoms with Gasteiger partial charge in [-0.15, -0.1) is 0 Å². The summed E-state index contributed by atoms with van der Waals surface area (Å²) < 4.78 is 25.3. The van der Waals surface area contributed by atoms with Crippen LogP contribution in [0.1, 0.15) is 57.6 Å². The van der Waals surface area contributed by atoms with Crippen molar-refractivity contribution in [3.05, 3.63) is 70.2 Å². The molecule has 2 saturated heterocycles. The van der Waals surface area contributed by atoms with E-state index in [1.165, 1.54) is 0 Å². The van der Waals surface area contributed by atoms with Crippen molar-refractivity contribution >= 4 is 57.7 Å². The second kappa shape index (κ2) is 21.3. The van der Waals surface area contributed by atoms with Crippen molar-refractivity contribution in [1.82, 2.24) is 14.1 Å². The predicted octanol–water partition coefficient (Wildman–Crippen LogP) is 5.34. The number of likely N-dealkylation sites (N-methyl/N-ethyl adjacent to an activating group) is 1. The maximum Gasteiger partial charge on any atom is 0.227 e. The highest BCUT2D eigenvalue weighted by molar-refractivity contribution is 7.85. The Morgan fingerprint density at radius 1 is 0.978 bits per heavy atom. The molecule has 4 atom stereocenters. The zero-order chi connectivity index (χ0) is 33.4. The molecule has 3 aliphatic rings. The Morgan fingerprint density at radius 2 is 1.56 bits per heavy atom. The van der Waals surface area contributed by atoms with Crippen molar-refractivity contribution in [3.8, 4) is 0 Å². The predicted molar refractivity (Wildman–Crippen MR) is 189 cm³/mol. The number of hydrogen-bond donors (Lipinski definition) is 1. The van der Waals surface area contributed by atoms with E-state index in [-0.39, 0.29) is 23.9 Å². The first-order valence-corrected chi connectivity index (χ1v) is 19.1. The van der Waals surface area contributed by atoms with Crippen LogP contribution in [0.2, 0.25) is 10.0 Å². The molecule has 0 spiro atoms. The van der Waals surface area contributed by atoms with Crippen LogP contribution in [0.3, 0.4) is 0 Å². The maximum absolute atomic E-state index is 13.2. The number of likely N-dealkylation sites (tertiary alicyclic amines) is 1. The molecule has 45 heavy (non-hydrogen) atoms. The van der Waals surface area contributed by atoms with Gasteiger partial charge in [0.25, 0.3) is 0 Å². The molecule has 12 heteroatoms. The average Bonchev–Trinajstić information content (AvgIpc) is 3.92. The summed E-state index contributed by atoms with van der Waals surface area (Å²) in [6, 6.07) is 17.3. The number of halogens is 2. The Hall–Kier alpha value is -1.66. The van der Waals surface area contributed by atoms with Gasteiger partial charge in [-0.05, 0) is 75.5 Å². The third-order valence-electron chi connectivity index (χ3n) is 8.17. The minimum absolute atomic E-state index is 0.0141. The Morgan fingerprint density at radius 3 is 2.02 bits per heavy atom. The first kappa shape index (κ1) is 39.5. The summed E-state index contributed by atoms with van der Waals surface area (Å²) in [5.41, 5.74) is 6.98. The van der Waals surface area contributed by atoms with Crippen LogP contribution in [0.5, 0.6) is 0 Å². The highest BCUT2D eigenvalue weighted by atomic mass is 35.5. The van der Waals surface area contributed by atoms with Crippen LogP contribution < -0.4 is 5.73 Å². The minimum Gasteiger partial charge on any atom is -0.331 e. The topological polar surface area (TPSA) is 104 Å². The summed E-state index contributed by atoms with van der Waals surface area (Å²) in [7, 11) is 0.442. The van der Waals surface area contributed by atoms with E-state index in [4.69, 9.17) is 33.7 Å². The van der Waals surface area contributed by atoms with Crippen LogP contribution in [0.25, 0.3) is 0 Å². The van der Waals surface area contributed by atoms with Crippen molar-refractivity contribution in [2.75, 3.05) is 51.3 Å². The Bertz CT molecular complexity index is 1180. The van der Waals surface area contributed by atoms with E-state index in [9.17, 15) is 13.2 Å². The number of piperidine rings is 1. The van der Waals surface area contributed by atoms with E-state index in [1.54, 1.807) is 0 Å². The van der Waals surface area contributed by atoms with Gasteiger partial charge in [0.05, 0.1) is 22.9 Å². The highest BCUT2D eigenvalue weighted by Gasteiger charge is 2.40. The molecule has 1 aliphatic carbocycles. The number of nitrogens with two attached hydrogens (primary N) is 1. The van der Waals surface area contributed by atoms with Gasteiger partial charge in [0.2, 0.25) is 5.91 Å². The maximum atomic E-state index is 13.2. The fraction of sp³-hybridized carbons (Fsp3) is 0.576. The Balaban J connectivity index is 0.000000317. The summed E-state index contributed by atoms with van der Waals surface area (Å²) in [5.74, 6) is 1.77. The van der Waals surface area contributed by atoms with E-state index < -0.39 is 21.8 Å². The second-order valence-corrected chi connectivity index (χ2v) is 15.7. The van der Waals surface area contributed by atoms with Crippen LogP contribution in [-0.4, -0.2) is 97.8 Å². The number of carbonyl (C=O) groups is 2. The van der Waals surface area contributed by atoms with Gasteiger partial charge in [0.1, 0.15) is 6.79 Å². The first-order chi connectivity index (χ1) is 21.7. The van der Waals surface area contributed by atoms with E-state index >= 15 is 0 Å². The normalized spacial score (nSPS) is 21.8. The van der Waals surface area contributed by atoms with Gasteiger partial charge in [0, 0.05) is 69.8 Å². The molecule has 1 amide bonds. The lowest BCUT2D eigenvalue weighted by Crippen LogP contribution is -2.53. The standard InChI is InChI=1S/C20H30ClN3O2S.C6H5Cl.C6H13NOS.CH2O/c1-3-17(13-23(2)27(26)18-9-10-18)24-19(11-6-15(12-22)20(24)25)14-4-7-16(21)8-5-14;7-6-4-2-1-3-5-6;1-2-7-3-5-9(8)6-4-7;1-2/h4-5,7-8,15,17-19H,3,6,9-13,22H2,1-2H3;1-5H;2-6H2,1H3;1H2/t15-,17+,19?,27?;;;/m1.../s1. The fourth-order valence-corrected chi connectivity index (χ4v) is 8.13. The lowest BCUT2D eigenvalue weighted by atomic mass is 9.86. The van der Waals surface area contributed by atoms with Gasteiger partial charge < -0.3 is 20.3 Å². The molecule has 252 valence electrons. The smallest absolute Gasteiger partial charge is 0.227 e. The van der Waals surface area contributed by atoms with E-state index in [1.807, 2.05) is 77.6 Å². The molecule has 2 aliphatic heterocycles. The molecular formula is C33H50Cl2N4O4S2. The number of rotatable bonds is 9. The monoisotopic (exact) mass is 700 g/mol. The van der Waals surface area contributed by atoms with Crippen molar-refractivity contribution in [1.29, 1.82) is 0 Å². The van der Waals surface area contributed by atoms with Crippen molar-refractivity contribution in [3.63, 3.8) is 0 Å². The molecule has 2 unspecified atom stereocenters. The second-order valence-electron chi connectivity index (χ2n) is 11.2. The van der Waals surface area contributed by atoms with E-state index in [2.05, 4.69) is 18.7 Å². The molecule has 0 radical (unpaired) electrons. The lowest BCUT2D eigenvalue weighted by molar-refractivity contribution is -0.145. The molecule has 2 N–H and O–H groups in total. The van der Waals surface area contributed by atoms with Gasteiger partial charge in [-0.1, -0.05) is 67.4 Å². The molecule has 5 rings (SSSR count). The van der Waals surface area contributed by atoms with E-state index in [0.29, 0.717) is 23.4 Å². The third-order valence-corrected chi connectivity index (χ3v) is 11.8. The fourth-order valence-electron chi connectivity index (χ4n) is 5.37. The quantitative estimate of drug-likeness (QED) is 0.379.